The first kappa shape index (κ1) is 14.3. The van der Waals surface area contributed by atoms with E-state index in [9.17, 15) is 5.11 Å². The highest BCUT2D eigenvalue weighted by molar-refractivity contribution is 4.92. The predicted octanol–water partition coefficient (Wildman–Crippen LogP) is 1.46. The van der Waals surface area contributed by atoms with Crippen LogP contribution in [0.3, 0.4) is 0 Å². The molecule has 0 heterocycles. The Balaban J connectivity index is 1.74. The van der Waals surface area contributed by atoms with Gasteiger partial charge < -0.3 is 19.9 Å². The second kappa shape index (κ2) is 6.33. The molecule has 0 radical (unpaired) electrons. The molecule has 0 aromatic heterocycles. The maximum Gasteiger partial charge on any atom is 0.0671 e. The van der Waals surface area contributed by atoms with Crippen molar-refractivity contribution >= 4 is 0 Å². The van der Waals surface area contributed by atoms with Crippen LogP contribution in [-0.4, -0.2) is 49.2 Å². The number of nitrogens with one attached hydrogen (secondary N) is 1. The Bertz CT molecular complexity index is 257. The van der Waals surface area contributed by atoms with Crippen LogP contribution in [0.5, 0.6) is 0 Å². The molecule has 2 N–H and O–H groups in total. The number of rotatable bonds is 7. The van der Waals surface area contributed by atoms with Gasteiger partial charge in [-0.05, 0) is 45.4 Å². The molecule has 2 saturated carbocycles. The Hall–Kier alpha value is -0.160. The standard InChI is InChI=1S/C14H27NO3/c1-14(9-16,15-11-6-7-11)10-18-13-5-3-4-12(8-13)17-2/h11-13,15-16H,3-10H2,1-2H3. The first-order chi connectivity index (χ1) is 8.65. The maximum absolute atomic E-state index is 9.52. The van der Waals surface area contributed by atoms with Crippen molar-refractivity contribution in [2.75, 3.05) is 20.3 Å². The SMILES string of the molecule is COC1CCCC(OCC(C)(CO)NC2CC2)C1. The van der Waals surface area contributed by atoms with E-state index < -0.39 is 0 Å². The summed E-state index contributed by atoms with van der Waals surface area (Å²) in [6.07, 6.45) is 7.52. The average molecular weight is 257 g/mol. The lowest BCUT2D eigenvalue weighted by molar-refractivity contribution is -0.0539. The van der Waals surface area contributed by atoms with Gasteiger partial charge in [-0.3, -0.25) is 0 Å². The third kappa shape index (κ3) is 4.19. The van der Waals surface area contributed by atoms with Crippen LogP contribution in [0.2, 0.25) is 0 Å². The molecule has 4 heteroatoms. The summed E-state index contributed by atoms with van der Waals surface area (Å²) in [6.45, 7) is 2.76. The lowest BCUT2D eigenvalue weighted by Crippen LogP contribution is -2.51. The van der Waals surface area contributed by atoms with Gasteiger partial charge in [-0.1, -0.05) is 0 Å². The number of aliphatic hydroxyl groups excluding tert-OH is 1. The van der Waals surface area contributed by atoms with E-state index in [1.807, 2.05) is 6.92 Å². The molecule has 3 atom stereocenters. The topological polar surface area (TPSA) is 50.7 Å². The van der Waals surface area contributed by atoms with Gasteiger partial charge in [-0.2, -0.15) is 0 Å². The van der Waals surface area contributed by atoms with Crippen LogP contribution in [0.25, 0.3) is 0 Å². The van der Waals surface area contributed by atoms with Crippen molar-refractivity contribution < 1.29 is 14.6 Å². The molecule has 0 aromatic carbocycles. The van der Waals surface area contributed by atoms with E-state index in [-0.39, 0.29) is 18.2 Å². The summed E-state index contributed by atoms with van der Waals surface area (Å²) in [6, 6.07) is 0.587. The summed E-state index contributed by atoms with van der Waals surface area (Å²) in [7, 11) is 1.78. The minimum atomic E-state index is -0.290. The van der Waals surface area contributed by atoms with Gasteiger partial charge in [0.15, 0.2) is 0 Å². The van der Waals surface area contributed by atoms with Crippen molar-refractivity contribution in [1.82, 2.24) is 5.32 Å². The number of hydrogen-bond acceptors (Lipinski definition) is 4. The lowest BCUT2D eigenvalue weighted by atomic mass is 9.94. The van der Waals surface area contributed by atoms with E-state index in [4.69, 9.17) is 9.47 Å². The Morgan fingerprint density at radius 2 is 1.94 bits per heavy atom. The number of aliphatic hydroxyl groups is 1. The van der Waals surface area contributed by atoms with Crippen LogP contribution in [0, 0.1) is 0 Å². The third-order valence-corrected chi connectivity index (χ3v) is 4.03. The molecule has 2 rings (SSSR count). The summed E-state index contributed by atoms with van der Waals surface area (Å²) >= 11 is 0. The van der Waals surface area contributed by atoms with Gasteiger partial charge >= 0.3 is 0 Å². The van der Waals surface area contributed by atoms with Gasteiger partial charge in [-0.25, -0.2) is 0 Å². The van der Waals surface area contributed by atoms with E-state index in [0.717, 1.165) is 19.3 Å². The molecular weight excluding hydrogens is 230 g/mol. The Labute approximate surface area is 110 Å². The predicted molar refractivity (Wildman–Crippen MR) is 70.7 cm³/mol. The van der Waals surface area contributed by atoms with Gasteiger partial charge in [0.2, 0.25) is 0 Å². The largest absolute Gasteiger partial charge is 0.394 e. The molecule has 3 unspecified atom stereocenters. The molecule has 0 spiro atoms. The fraction of sp³-hybridized carbons (Fsp3) is 1.00. The smallest absolute Gasteiger partial charge is 0.0671 e. The zero-order valence-corrected chi connectivity index (χ0v) is 11.7. The highest BCUT2D eigenvalue weighted by atomic mass is 16.5. The fourth-order valence-electron chi connectivity index (χ4n) is 2.62. The van der Waals surface area contributed by atoms with Gasteiger partial charge in [0, 0.05) is 13.2 Å². The highest BCUT2D eigenvalue weighted by Crippen LogP contribution is 2.26. The summed E-state index contributed by atoms with van der Waals surface area (Å²) in [5.41, 5.74) is -0.290. The molecular formula is C14H27NO3. The minimum Gasteiger partial charge on any atom is -0.394 e. The summed E-state index contributed by atoms with van der Waals surface area (Å²) < 4.78 is 11.4. The molecule has 2 aliphatic rings. The minimum absolute atomic E-state index is 0.129. The Kier molecular flexibility index (Phi) is 5.01. The number of hydrogen-bond donors (Lipinski definition) is 2. The summed E-state index contributed by atoms with van der Waals surface area (Å²) in [4.78, 5) is 0. The molecule has 106 valence electrons. The average Bonchev–Trinajstić information content (AvgIpc) is 3.20. The van der Waals surface area contributed by atoms with Crippen molar-refractivity contribution in [3.8, 4) is 0 Å². The van der Waals surface area contributed by atoms with Crippen LogP contribution in [-0.2, 0) is 9.47 Å². The number of methoxy groups -OCH3 is 1. The lowest BCUT2D eigenvalue weighted by Gasteiger charge is -2.33. The van der Waals surface area contributed by atoms with Crippen molar-refractivity contribution in [1.29, 1.82) is 0 Å². The molecule has 2 aliphatic carbocycles. The molecule has 4 nitrogen and oxygen atoms in total. The monoisotopic (exact) mass is 257 g/mol. The van der Waals surface area contributed by atoms with E-state index in [2.05, 4.69) is 5.32 Å². The Morgan fingerprint density at radius 3 is 2.56 bits per heavy atom. The normalized spacial score (nSPS) is 32.2. The van der Waals surface area contributed by atoms with Crippen molar-refractivity contribution in [2.24, 2.45) is 0 Å². The molecule has 0 aliphatic heterocycles. The second-order valence-electron chi connectivity index (χ2n) is 6.09. The van der Waals surface area contributed by atoms with Crippen LogP contribution >= 0.6 is 0 Å². The summed E-state index contributed by atoms with van der Waals surface area (Å²) in [5.74, 6) is 0. The quantitative estimate of drug-likeness (QED) is 0.725. The van der Waals surface area contributed by atoms with Crippen molar-refractivity contribution in [3.05, 3.63) is 0 Å². The van der Waals surface area contributed by atoms with Crippen LogP contribution in [0.15, 0.2) is 0 Å². The van der Waals surface area contributed by atoms with Crippen LogP contribution < -0.4 is 5.32 Å². The second-order valence-corrected chi connectivity index (χ2v) is 6.09. The van der Waals surface area contributed by atoms with Crippen LogP contribution in [0.4, 0.5) is 0 Å². The zero-order valence-electron chi connectivity index (χ0n) is 11.7. The van der Waals surface area contributed by atoms with Gasteiger partial charge in [-0.15, -0.1) is 0 Å². The maximum atomic E-state index is 9.52. The van der Waals surface area contributed by atoms with Gasteiger partial charge in [0.05, 0.1) is 31.0 Å². The third-order valence-electron chi connectivity index (χ3n) is 4.03. The zero-order chi connectivity index (χ0) is 13.0. The van der Waals surface area contributed by atoms with Gasteiger partial charge in [0.1, 0.15) is 0 Å². The highest BCUT2D eigenvalue weighted by Gasteiger charge is 2.33. The van der Waals surface area contributed by atoms with Crippen molar-refractivity contribution in [3.63, 3.8) is 0 Å². The summed E-state index contributed by atoms with van der Waals surface area (Å²) in [5, 5.41) is 13.0. The molecule has 0 aromatic rings. The molecule has 0 amide bonds. The fourth-order valence-corrected chi connectivity index (χ4v) is 2.62. The van der Waals surface area contributed by atoms with E-state index in [0.29, 0.717) is 18.8 Å². The van der Waals surface area contributed by atoms with Gasteiger partial charge in [0.25, 0.3) is 0 Å². The Morgan fingerprint density at radius 1 is 1.22 bits per heavy atom. The van der Waals surface area contributed by atoms with Crippen molar-refractivity contribution in [2.45, 2.75) is 69.2 Å². The molecule has 18 heavy (non-hydrogen) atoms. The first-order valence-corrected chi connectivity index (χ1v) is 7.18. The molecule has 2 fully saturated rings. The van der Waals surface area contributed by atoms with E-state index in [1.165, 1.54) is 19.3 Å². The van der Waals surface area contributed by atoms with E-state index in [1.54, 1.807) is 7.11 Å². The first-order valence-electron chi connectivity index (χ1n) is 7.18. The molecule has 0 saturated heterocycles. The molecule has 0 bridgehead atoms. The van der Waals surface area contributed by atoms with E-state index >= 15 is 0 Å². The number of ether oxygens (including phenoxy) is 2. The van der Waals surface area contributed by atoms with Crippen LogP contribution in [0.1, 0.15) is 45.4 Å².